The van der Waals surface area contributed by atoms with Crippen LogP contribution in [-0.4, -0.2) is 10.9 Å². The largest absolute Gasteiger partial charge is 0.326 e. The molecule has 0 spiro atoms. The maximum absolute atomic E-state index is 10.9. The minimum atomic E-state index is -0.0682. The summed E-state index contributed by atoms with van der Waals surface area (Å²) in [6.45, 7) is 5.50. The Hall–Kier alpha value is -1.90. The van der Waals surface area contributed by atoms with Crippen LogP contribution in [0.1, 0.15) is 20.8 Å². The Kier molecular flexibility index (Phi) is 4.45. The van der Waals surface area contributed by atoms with Gasteiger partial charge in [-0.05, 0) is 24.3 Å². The van der Waals surface area contributed by atoms with Crippen LogP contribution >= 0.6 is 0 Å². The van der Waals surface area contributed by atoms with Crippen molar-refractivity contribution in [1.29, 1.82) is 0 Å². The summed E-state index contributed by atoms with van der Waals surface area (Å²) >= 11 is 0. The number of carbonyl (C=O) groups excluding carboxylic acids is 1. The number of benzene rings is 1. The average molecular weight is 216 g/mol. The summed E-state index contributed by atoms with van der Waals surface area (Å²) < 4.78 is 0. The standard InChI is InChI=1S/C11H10N2O.C2H6/c1-8(14)13-11-6-2-5-10-9(11)4-3-7-12-10;1-2/h2-7H,1H3,(H,13,14);1-2H3. The van der Waals surface area contributed by atoms with Gasteiger partial charge in [-0.2, -0.15) is 0 Å². The zero-order valence-electron chi connectivity index (χ0n) is 9.82. The highest BCUT2D eigenvalue weighted by Crippen LogP contribution is 2.20. The van der Waals surface area contributed by atoms with Gasteiger partial charge in [-0.15, -0.1) is 0 Å². The molecule has 1 aromatic heterocycles. The fourth-order valence-corrected chi connectivity index (χ4v) is 1.40. The summed E-state index contributed by atoms with van der Waals surface area (Å²) in [6.07, 6.45) is 1.74. The van der Waals surface area contributed by atoms with Gasteiger partial charge in [-0.1, -0.05) is 19.9 Å². The van der Waals surface area contributed by atoms with Crippen LogP contribution in [0.25, 0.3) is 10.9 Å². The van der Waals surface area contributed by atoms with Crippen LogP contribution in [0.3, 0.4) is 0 Å². The highest BCUT2D eigenvalue weighted by Gasteiger charge is 2.01. The molecule has 0 aliphatic heterocycles. The number of amides is 1. The Labute approximate surface area is 95.5 Å². The minimum absolute atomic E-state index is 0.0682. The first-order valence-corrected chi connectivity index (χ1v) is 5.39. The van der Waals surface area contributed by atoms with Crippen LogP contribution in [0.5, 0.6) is 0 Å². The van der Waals surface area contributed by atoms with Gasteiger partial charge in [0.25, 0.3) is 0 Å². The van der Waals surface area contributed by atoms with E-state index in [1.165, 1.54) is 6.92 Å². The van der Waals surface area contributed by atoms with Crippen LogP contribution in [-0.2, 0) is 4.79 Å². The van der Waals surface area contributed by atoms with Gasteiger partial charge in [0.05, 0.1) is 11.2 Å². The molecule has 0 aliphatic rings. The van der Waals surface area contributed by atoms with Crippen LogP contribution < -0.4 is 5.32 Å². The quantitative estimate of drug-likeness (QED) is 0.795. The third-order valence-electron chi connectivity index (χ3n) is 1.96. The van der Waals surface area contributed by atoms with Crippen molar-refractivity contribution in [1.82, 2.24) is 4.98 Å². The molecular weight excluding hydrogens is 200 g/mol. The van der Waals surface area contributed by atoms with Crippen molar-refractivity contribution in [3.63, 3.8) is 0 Å². The van der Waals surface area contributed by atoms with E-state index < -0.39 is 0 Å². The predicted octanol–water partition coefficient (Wildman–Crippen LogP) is 3.22. The molecule has 0 saturated carbocycles. The molecule has 0 atom stereocenters. The second kappa shape index (κ2) is 5.85. The van der Waals surface area contributed by atoms with Gasteiger partial charge < -0.3 is 5.32 Å². The Morgan fingerprint density at radius 3 is 2.62 bits per heavy atom. The summed E-state index contributed by atoms with van der Waals surface area (Å²) in [5, 5.41) is 3.73. The van der Waals surface area contributed by atoms with E-state index in [9.17, 15) is 4.79 Å². The Balaban J connectivity index is 0.000000606. The number of nitrogens with one attached hydrogen (secondary N) is 1. The highest BCUT2D eigenvalue weighted by atomic mass is 16.1. The lowest BCUT2D eigenvalue weighted by molar-refractivity contribution is -0.114. The van der Waals surface area contributed by atoms with Crippen molar-refractivity contribution in [3.8, 4) is 0 Å². The van der Waals surface area contributed by atoms with Crippen LogP contribution in [0.2, 0.25) is 0 Å². The topological polar surface area (TPSA) is 42.0 Å². The molecule has 0 saturated heterocycles. The molecule has 0 fully saturated rings. The molecule has 1 heterocycles. The maximum atomic E-state index is 10.9. The molecular formula is C13H16N2O. The summed E-state index contributed by atoms with van der Waals surface area (Å²) in [7, 11) is 0. The van der Waals surface area contributed by atoms with Gasteiger partial charge in [0.1, 0.15) is 0 Å². The summed E-state index contributed by atoms with van der Waals surface area (Å²) in [6, 6.07) is 9.45. The van der Waals surface area contributed by atoms with Gasteiger partial charge >= 0.3 is 0 Å². The maximum Gasteiger partial charge on any atom is 0.221 e. The van der Waals surface area contributed by atoms with Gasteiger partial charge in [0.15, 0.2) is 0 Å². The molecule has 0 unspecified atom stereocenters. The van der Waals surface area contributed by atoms with Crippen LogP contribution in [0.15, 0.2) is 36.5 Å². The van der Waals surface area contributed by atoms with E-state index in [0.717, 1.165) is 16.6 Å². The van der Waals surface area contributed by atoms with Crippen molar-refractivity contribution in [2.75, 3.05) is 5.32 Å². The van der Waals surface area contributed by atoms with E-state index in [2.05, 4.69) is 10.3 Å². The zero-order valence-corrected chi connectivity index (χ0v) is 9.82. The number of aromatic nitrogens is 1. The number of rotatable bonds is 1. The Morgan fingerprint density at radius 1 is 1.19 bits per heavy atom. The molecule has 1 aromatic carbocycles. The monoisotopic (exact) mass is 216 g/mol. The van der Waals surface area contributed by atoms with Crippen molar-refractivity contribution in [2.45, 2.75) is 20.8 Å². The molecule has 0 bridgehead atoms. The van der Waals surface area contributed by atoms with Gasteiger partial charge in [-0.25, -0.2) is 0 Å². The normalized spacial score (nSPS) is 9.19. The van der Waals surface area contributed by atoms with E-state index in [-0.39, 0.29) is 5.91 Å². The first kappa shape index (κ1) is 12.2. The molecule has 2 rings (SSSR count). The highest BCUT2D eigenvalue weighted by molar-refractivity contribution is 5.99. The minimum Gasteiger partial charge on any atom is -0.326 e. The lowest BCUT2D eigenvalue weighted by Crippen LogP contribution is -2.05. The Bertz CT molecular complexity index is 475. The number of pyridine rings is 1. The third kappa shape index (κ3) is 2.79. The average Bonchev–Trinajstić information content (AvgIpc) is 2.31. The van der Waals surface area contributed by atoms with E-state index in [1.54, 1.807) is 6.20 Å². The second-order valence-electron chi connectivity index (χ2n) is 3.06. The van der Waals surface area contributed by atoms with Gasteiger partial charge in [-0.3, -0.25) is 9.78 Å². The van der Waals surface area contributed by atoms with Crippen molar-refractivity contribution in [3.05, 3.63) is 36.5 Å². The lowest BCUT2D eigenvalue weighted by Gasteiger charge is -2.05. The fraction of sp³-hybridized carbons (Fsp3) is 0.231. The smallest absolute Gasteiger partial charge is 0.221 e. The molecule has 1 N–H and O–H groups in total. The van der Waals surface area contributed by atoms with Crippen molar-refractivity contribution < 1.29 is 4.79 Å². The van der Waals surface area contributed by atoms with E-state index in [1.807, 2.05) is 44.2 Å². The lowest BCUT2D eigenvalue weighted by atomic mass is 10.2. The number of hydrogen-bond acceptors (Lipinski definition) is 2. The molecule has 0 radical (unpaired) electrons. The second-order valence-corrected chi connectivity index (χ2v) is 3.06. The molecule has 1 amide bonds. The molecule has 3 heteroatoms. The predicted molar refractivity (Wildman–Crippen MR) is 67.4 cm³/mol. The van der Waals surface area contributed by atoms with Gasteiger partial charge in [0.2, 0.25) is 5.91 Å². The van der Waals surface area contributed by atoms with Crippen molar-refractivity contribution >= 4 is 22.5 Å². The molecule has 16 heavy (non-hydrogen) atoms. The number of hydrogen-bond donors (Lipinski definition) is 1. The Morgan fingerprint density at radius 2 is 1.94 bits per heavy atom. The number of carbonyl (C=O) groups is 1. The molecule has 0 aliphatic carbocycles. The van der Waals surface area contributed by atoms with Gasteiger partial charge in [0, 0.05) is 18.5 Å². The van der Waals surface area contributed by atoms with E-state index in [4.69, 9.17) is 0 Å². The summed E-state index contributed by atoms with van der Waals surface area (Å²) in [5.74, 6) is -0.0682. The first-order valence-electron chi connectivity index (χ1n) is 5.39. The SMILES string of the molecule is CC.CC(=O)Nc1cccc2ncccc12. The number of fused-ring (bicyclic) bond motifs is 1. The summed E-state index contributed by atoms with van der Waals surface area (Å²) in [5.41, 5.74) is 1.70. The first-order chi connectivity index (χ1) is 7.77. The van der Waals surface area contributed by atoms with Crippen molar-refractivity contribution in [2.24, 2.45) is 0 Å². The zero-order chi connectivity index (χ0) is 12.0. The van der Waals surface area contributed by atoms with E-state index in [0.29, 0.717) is 0 Å². The molecule has 84 valence electrons. The molecule has 3 nitrogen and oxygen atoms in total. The van der Waals surface area contributed by atoms with Crippen LogP contribution in [0, 0.1) is 0 Å². The third-order valence-corrected chi connectivity index (χ3v) is 1.96. The number of nitrogens with zero attached hydrogens (tertiary/aromatic N) is 1. The molecule has 2 aromatic rings. The summed E-state index contributed by atoms with van der Waals surface area (Å²) in [4.78, 5) is 15.1. The fourth-order valence-electron chi connectivity index (χ4n) is 1.40. The van der Waals surface area contributed by atoms with Crippen LogP contribution in [0.4, 0.5) is 5.69 Å². The number of anilines is 1. The van der Waals surface area contributed by atoms with E-state index >= 15 is 0 Å².